The average molecular weight is 342 g/mol. The van der Waals surface area contributed by atoms with Gasteiger partial charge in [-0.25, -0.2) is 0 Å². The van der Waals surface area contributed by atoms with Crippen LogP contribution in [0.3, 0.4) is 0 Å². The molecule has 1 N–H and O–H groups in total. The monoisotopic (exact) mass is 342 g/mol. The summed E-state index contributed by atoms with van der Waals surface area (Å²) in [5, 5.41) is 9.77. The number of hydrogen-bond donors (Lipinski definition) is 1. The molecule has 0 unspecified atom stereocenters. The second-order valence-corrected chi connectivity index (χ2v) is 7.20. The van der Waals surface area contributed by atoms with Gasteiger partial charge in [0.1, 0.15) is 0 Å². The quantitative estimate of drug-likeness (QED) is 0.807. The van der Waals surface area contributed by atoms with Crippen LogP contribution in [0.1, 0.15) is 41.6 Å². The Kier molecular flexibility index (Phi) is 5.23. The number of fused-ring (bicyclic) bond motifs is 1. The maximum absolute atomic E-state index is 12.6. The van der Waals surface area contributed by atoms with Crippen LogP contribution >= 0.6 is 0 Å². The van der Waals surface area contributed by atoms with Crippen LogP contribution in [0.2, 0.25) is 0 Å². The Morgan fingerprint density at radius 2 is 2.16 bits per heavy atom. The molecule has 1 saturated heterocycles. The summed E-state index contributed by atoms with van der Waals surface area (Å²) in [6, 6.07) is 7.61. The number of nitrogens with zero attached hydrogens (tertiary/aromatic N) is 2. The van der Waals surface area contributed by atoms with E-state index < -0.39 is 0 Å². The Morgan fingerprint density at radius 3 is 2.88 bits per heavy atom. The van der Waals surface area contributed by atoms with Gasteiger partial charge in [0, 0.05) is 43.6 Å². The van der Waals surface area contributed by atoms with Crippen molar-refractivity contribution in [3.05, 3.63) is 48.0 Å². The number of rotatable bonds is 6. The lowest BCUT2D eigenvalue weighted by molar-refractivity contribution is -0.135. The van der Waals surface area contributed by atoms with Crippen molar-refractivity contribution in [3.8, 4) is 0 Å². The highest BCUT2D eigenvalue weighted by atomic mass is 16.3. The number of likely N-dealkylation sites (tertiary alicyclic amines) is 1. The van der Waals surface area contributed by atoms with E-state index in [9.17, 15) is 14.7 Å². The Bertz CT molecular complexity index is 673. The number of hydrogen-bond acceptors (Lipinski definition) is 3. The van der Waals surface area contributed by atoms with Crippen LogP contribution < -0.4 is 0 Å². The Hall–Kier alpha value is -2.14. The molecule has 0 saturated carbocycles. The highest BCUT2D eigenvalue weighted by Gasteiger charge is 2.36. The predicted molar refractivity (Wildman–Crippen MR) is 95.9 cm³/mol. The molecule has 5 heteroatoms. The van der Waals surface area contributed by atoms with Crippen molar-refractivity contribution in [2.75, 3.05) is 26.2 Å². The largest absolute Gasteiger partial charge is 0.396 e. The first kappa shape index (κ1) is 17.7. The van der Waals surface area contributed by atoms with Gasteiger partial charge < -0.3 is 14.9 Å². The van der Waals surface area contributed by atoms with Crippen molar-refractivity contribution in [1.29, 1.82) is 0 Å². The number of carbonyl (C=O) groups is 2. The molecule has 25 heavy (non-hydrogen) atoms. The second kappa shape index (κ2) is 7.40. The molecule has 1 aromatic carbocycles. The summed E-state index contributed by atoms with van der Waals surface area (Å²) in [4.78, 5) is 28.6. The van der Waals surface area contributed by atoms with Crippen molar-refractivity contribution < 1.29 is 14.7 Å². The lowest BCUT2D eigenvalue weighted by atomic mass is 9.78. The van der Waals surface area contributed by atoms with Crippen LogP contribution in [0, 0.1) is 5.41 Å². The van der Waals surface area contributed by atoms with E-state index in [1.54, 1.807) is 4.90 Å². The second-order valence-electron chi connectivity index (χ2n) is 7.20. The third-order valence-electron chi connectivity index (χ3n) is 5.42. The number of carbonyl (C=O) groups excluding carboxylic acids is 2. The van der Waals surface area contributed by atoms with Gasteiger partial charge in [0.15, 0.2) is 0 Å². The van der Waals surface area contributed by atoms with Gasteiger partial charge in [-0.15, -0.1) is 6.58 Å². The SMILES string of the molecule is C=CC[C@]1(CO)CCCN(C(=O)CCN2Cc3ccccc3C2=O)C1. The third kappa shape index (κ3) is 3.61. The topological polar surface area (TPSA) is 60.9 Å². The van der Waals surface area contributed by atoms with Crippen LogP contribution in [0.15, 0.2) is 36.9 Å². The standard InChI is InChI=1S/C20H26N2O3/c1-2-9-20(15-23)10-5-11-22(14-20)18(24)8-12-21-13-16-6-3-4-7-17(16)19(21)25/h2-4,6-7,23H,1,5,8-15H2/t20-/m0/s1. The minimum atomic E-state index is -0.255. The fourth-order valence-electron chi connectivity index (χ4n) is 3.97. The minimum Gasteiger partial charge on any atom is -0.396 e. The van der Waals surface area contributed by atoms with Crippen molar-refractivity contribution in [2.45, 2.75) is 32.2 Å². The third-order valence-corrected chi connectivity index (χ3v) is 5.42. The summed E-state index contributed by atoms with van der Waals surface area (Å²) in [5.41, 5.74) is 1.52. The lowest BCUT2D eigenvalue weighted by Gasteiger charge is -2.41. The molecule has 1 fully saturated rings. The molecule has 5 nitrogen and oxygen atoms in total. The molecule has 2 amide bonds. The average Bonchev–Trinajstić information content (AvgIpc) is 2.96. The molecule has 2 aliphatic heterocycles. The van der Waals surface area contributed by atoms with Gasteiger partial charge in [0.2, 0.25) is 5.91 Å². The normalized spacial score (nSPS) is 22.8. The summed E-state index contributed by atoms with van der Waals surface area (Å²) in [7, 11) is 0. The molecule has 0 bridgehead atoms. The van der Waals surface area contributed by atoms with E-state index >= 15 is 0 Å². The number of aliphatic hydroxyl groups is 1. The molecule has 0 aromatic heterocycles. The van der Waals surface area contributed by atoms with Crippen molar-refractivity contribution in [2.24, 2.45) is 5.41 Å². The van der Waals surface area contributed by atoms with Gasteiger partial charge in [-0.3, -0.25) is 9.59 Å². The maximum atomic E-state index is 12.6. The molecule has 0 spiro atoms. The zero-order valence-electron chi connectivity index (χ0n) is 14.6. The van der Waals surface area contributed by atoms with Crippen molar-refractivity contribution >= 4 is 11.8 Å². The van der Waals surface area contributed by atoms with E-state index in [2.05, 4.69) is 6.58 Å². The first-order valence-electron chi connectivity index (χ1n) is 8.95. The first-order valence-corrected chi connectivity index (χ1v) is 8.95. The molecule has 0 aliphatic carbocycles. The molecule has 0 radical (unpaired) electrons. The fraction of sp³-hybridized carbons (Fsp3) is 0.500. The summed E-state index contributed by atoms with van der Waals surface area (Å²) in [6.45, 7) is 6.17. The number of piperidine rings is 1. The van der Waals surface area contributed by atoms with E-state index in [4.69, 9.17) is 0 Å². The molecular formula is C20H26N2O3. The summed E-state index contributed by atoms with van der Waals surface area (Å²) < 4.78 is 0. The maximum Gasteiger partial charge on any atom is 0.254 e. The zero-order chi connectivity index (χ0) is 17.9. The van der Waals surface area contributed by atoms with E-state index in [-0.39, 0.29) is 23.8 Å². The first-order chi connectivity index (χ1) is 12.1. The number of allylic oxidation sites excluding steroid dienone is 1. The number of aliphatic hydroxyl groups excluding tert-OH is 1. The van der Waals surface area contributed by atoms with Gasteiger partial charge in [0.25, 0.3) is 5.91 Å². The van der Waals surface area contributed by atoms with Gasteiger partial charge >= 0.3 is 0 Å². The van der Waals surface area contributed by atoms with Gasteiger partial charge in [-0.05, 0) is 30.9 Å². The van der Waals surface area contributed by atoms with E-state index in [0.717, 1.165) is 30.5 Å². The van der Waals surface area contributed by atoms with Crippen LogP contribution in [0.4, 0.5) is 0 Å². The van der Waals surface area contributed by atoms with E-state index in [1.165, 1.54) is 0 Å². The molecule has 134 valence electrons. The van der Waals surface area contributed by atoms with E-state index in [0.29, 0.717) is 32.5 Å². The molecule has 3 rings (SSSR count). The van der Waals surface area contributed by atoms with E-state index in [1.807, 2.05) is 35.2 Å². The van der Waals surface area contributed by atoms with Crippen LogP contribution in [-0.2, 0) is 11.3 Å². The molecule has 2 aliphatic rings. The van der Waals surface area contributed by atoms with Gasteiger partial charge in [-0.1, -0.05) is 24.3 Å². The van der Waals surface area contributed by atoms with Gasteiger partial charge in [-0.2, -0.15) is 0 Å². The summed E-state index contributed by atoms with van der Waals surface area (Å²) in [5.74, 6) is 0.0729. The number of benzene rings is 1. The fourth-order valence-corrected chi connectivity index (χ4v) is 3.97. The molecule has 1 atom stereocenters. The Balaban J connectivity index is 1.56. The predicted octanol–water partition coefficient (Wildman–Crippen LogP) is 2.21. The summed E-state index contributed by atoms with van der Waals surface area (Å²) >= 11 is 0. The van der Waals surface area contributed by atoms with Crippen LogP contribution in [-0.4, -0.2) is 53.0 Å². The molecule has 2 heterocycles. The van der Waals surface area contributed by atoms with Crippen LogP contribution in [0.25, 0.3) is 0 Å². The van der Waals surface area contributed by atoms with Crippen molar-refractivity contribution in [1.82, 2.24) is 9.80 Å². The number of amides is 2. The zero-order valence-corrected chi connectivity index (χ0v) is 14.6. The summed E-state index contributed by atoms with van der Waals surface area (Å²) in [6.07, 6.45) is 4.68. The van der Waals surface area contributed by atoms with Crippen LogP contribution in [0.5, 0.6) is 0 Å². The van der Waals surface area contributed by atoms with Gasteiger partial charge in [0.05, 0.1) is 6.61 Å². The smallest absolute Gasteiger partial charge is 0.254 e. The molecular weight excluding hydrogens is 316 g/mol. The van der Waals surface area contributed by atoms with Crippen molar-refractivity contribution in [3.63, 3.8) is 0 Å². The molecule has 1 aromatic rings. The minimum absolute atomic E-state index is 0.0124. The highest BCUT2D eigenvalue weighted by molar-refractivity contribution is 5.98. The Labute approximate surface area is 148 Å². The lowest BCUT2D eigenvalue weighted by Crippen LogP contribution is -2.48. The Morgan fingerprint density at radius 1 is 1.36 bits per heavy atom. The highest BCUT2D eigenvalue weighted by Crippen LogP contribution is 2.33.